The van der Waals surface area contributed by atoms with E-state index in [0.29, 0.717) is 11.6 Å². The van der Waals surface area contributed by atoms with Crippen molar-refractivity contribution in [2.75, 3.05) is 6.54 Å². The predicted octanol–water partition coefficient (Wildman–Crippen LogP) is 4.76. The highest BCUT2D eigenvalue weighted by molar-refractivity contribution is 7.89. The fourth-order valence-electron chi connectivity index (χ4n) is 2.16. The van der Waals surface area contributed by atoms with Gasteiger partial charge in [-0.15, -0.1) is 0 Å². The SMILES string of the molecule is CCCCCCCCCCNS(=O)(=O)c1ccc(Cl)cc1. The van der Waals surface area contributed by atoms with Crippen molar-refractivity contribution in [3.8, 4) is 0 Å². The first-order chi connectivity index (χ1) is 10.1. The third-order valence-electron chi connectivity index (χ3n) is 3.45. The topological polar surface area (TPSA) is 46.2 Å². The van der Waals surface area contributed by atoms with Crippen molar-refractivity contribution in [3.63, 3.8) is 0 Å². The zero-order chi connectivity index (χ0) is 15.6. The maximum atomic E-state index is 12.0. The van der Waals surface area contributed by atoms with Crippen LogP contribution >= 0.6 is 11.6 Å². The lowest BCUT2D eigenvalue weighted by Gasteiger charge is -2.07. The van der Waals surface area contributed by atoms with Gasteiger partial charge in [0, 0.05) is 11.6 Å². The number of hydrogen-bond donors (Lipinski definition) is 1. The third-order valence-corrected chi connectivity index (χ3v) is 5.18. The number of nitrogens with one attached hydrogen (secondary N) is 1. The summed E-state index contributed by atoms with van der Waals surface area (Å²) in [6, 6.07) is 6.23. The van der Waals surface area contributed by atoms with Crippen molar-refractivity contribution < 1.29 is 8.42 Å². The van der Waals surface area contributed by atoms with E-state index in [0.717, 1.165) is 12.8 Å². The van der Waals surface area contributed by atoms with Crippen LogP contribution in [0.5, 0.6) is 0 Å². The second-order valence-corrected chi connectivity index (χ2v) is 7.53. The second kappa shape index (κ2) is 10.2. The van der Waals surface area contributed by atoms with Gasteiger partial charge in [0.2, 0.25) is 10.0 Å². The third kappa shape index (κ3) is 7.84. The van der Waals surface area contributed by atoms with Crippen molar-refractivity contribution in [2.45, 2.75) is 63.2 Å². The molecule has 0 aliphatic carbocycles. The molecule has 0 aromatic heterocycles. The molecule has 5 heteroatoms. The number of rotatable bonds is 11. The average molecular weight is 332 g/mol. The van der Waals surface area contributed by atoms with E-state index >= 15 is 0 Å². The Bertz CT molecular complexity index is 486. The molecule has 0 spiro atoms. The first kappa shape index (κ1) is 18.5. The molecule has 1 rings (SSSR count). The van der Waals surface area contributed by atoms with Gasteiger partial charge < -0.3 is 0 Å². The molecule has 1 aromatic carbocycles. The van der Waals surface area contributed by atoms with Crippen LogP contribution in [0.1, 0.15) is 58.3 Å². The number of hydrogen-bond acceptors (Lipinski definition) is 2. The minimum absolute atomic E-state index is 0.270. The van der Waals surface area contributed by atoms with Crippen molar-refractivity contribution >= 4 is 21.6 Å². The van der Waals surface area contributed by atoms with Crippen molar-refractivity contribution in [3.05, 3.63) is 29.3 Å². The minimum atomic E-state index is -3.39. The predicted molar refractivity (Wildman–Crippen MR) is 89.3 cm³/mol. The number of sulfonamides is 1. The van der Waals surface area contributed by atoms with E-state index in [4.69, 9.17) is 11.6 Å². The van der Waals surface area contributed by atoms with Crippen LogP contribution in [0.2, 0.25) is 5.02 Å². The summed E-state index contributed by atoms with van der Waals surface area (Å²) in [5.74, 6) is 0. The van der Waals surface area contributed by atoms with Gasteiger partial charge in [0.05, 0.1) is 4.90 Å². The van der Waals surface area contributed by atoms with Gasteiger partial charge in [0.15, 0.2) is 0 Å². The van der Waals surface area contributed by atoms with Gasteiger partial charge in [0.1, 0.15) is 0 Å². The Morgan fingerprint density at radius 1 is 0.905 bits per heavy atom. The highest BCUT2D eigenvalue weighted by Crippen LogP contribution is 2.14. The van der Waals surface area contributed by atoms with Crippen LogP contribution < -0.4 is 4.72 Å². The van der Waals surface area contributed by atoms with E-state index in [1.54, 1.807) is 12.1 Å². The molecule has 1 aromatic rings. The molecule has 3 nitrogen and oxygen atoms in total. The fraction of sp³-hybridized carbons (Fsp3) is 0.625. The van der Waals surface area contributed by atoms with E-state index in [1.807, 2.05) is 0 Å². The molecule has 0 bridgehead atoms. The van der Waals surface area contributed by atoms with E-state index in [2.05, 4.69) is 11.6 Å². The van der Waals surface area contributed by atoms with Crippen molar-refractivity contribution in [1.82, 2.24) is 4.72 Å². The Balaban J connectivity index is 2.15. The van der Waals surface area contributed by atoms with Crippen LogP contribution in [0.4, 0.5) is 0 Å². The maximum absolute atomic E-state index is 12.0. The lowest BCUT2D eigenvalue weighted by molar-refractivity contribution is 0.559. The maximum Gasteiger partial charge on any atom is 0.240 e. The molecule has 0 saturated carbocycles. The molecule has 0 radical (unpaired) electrons. The molecule has 0 heterocycles. The van der Waals surface area contributed by atoms with Gasteiger partial charge in [-0.3, -0.25) is 0 Å². The summed E-state index contributed by atoms with van der Waals surface area (Å²) < 4.78 is 26.6. The van der Waals surface area contributed by atoms with E-state index in [9.17, 15) is 8.42 Å². The van der Waals surface area contributed by atoms with E-state index in [-0.39, 0.29) is 4.90 Å². The Hall–Kier alpha value is -0.580. The van der Waals surface area contributed by atoms with Gasteiger partial charge in [-0.1, -0.05) is 63.5 Å². The van der Waals surface area contributed by atoms with Crippen LogP contribution in [-0.4, -0.2) is 15.0 Å². The Morgan fingerprint density at radius 2 is 1.43 bits per heavy atom. The van der Waals surface area contributed by atoms with Crippen LogP contribution in [0.3, 0.4) is 0 Å². The summed E-state index contributed by atoms with van der Waals surface area (Å²) in [6.45, 7) is 2.71. The first-order valence-electron chi connectivity index (χ1n) is 7.81. The zero-order valence-electron chi connectivity index (χ0n) is 12.8. The zero-order valence-corrected chi connectivity index (χ0v) is 14.3. The molecule has 0 amide bonds. The molecule has 0 atom stereocenters. The molecule has 0 aliphatic heterocycles. The van der Waals surface area contributed by atoms with Gasteiger partial charge in [-0.2, -0.15) is 0 Å². The smallest absolute Gasteiger partial charge is 0.211 e. The summed E-state index contributed by atoms with van der Waals surface area (Å²) in [4.78, 5) is 0.270. The van der Waals surface area contributed by atoms with Crippen LogP contribution in [-0.2, 0) is 10.0 Å². The summed E-state index contributed by atoms with van der Waals surface area (Å²) >= 11 is 5.75. The van der Waals surface area contributed by atoms with E-state index < -0.39 is 10.0 Å². The number of halogens is 1. The summed E-state index contributed by atoms with van der Waals surface area (Å²) in [5.41, 5.74) is 0. The average Bonchev–Trinajstić information content (AvgIpc) is 2.46. The largest absolute Gasteiger partial charge is 0.240 e. The van der Waals surface area contributed by atoms with Crippen LogP contribution in [0, 0.1) is 0 Å². The molecule has 21 heavy (non-hydrogen) atoms. The summed E-state index contributed by atoms with van der Waals surface area (Å²) in [7, 11) is -3.39. The minimum Gasteiger partial charge on any atom is -0.211 e. The Kier molecular flexibility index (Phi) is 8.97. The molecule has 1 N–H and O–H groups in total. The Labute approximate surface area is 134 Å². The molecular weight excluding hydrogens is 306 g/mol. The van der Waals surface area contributed by atoms with E-state index in [1.165, 1.54) is 50.7 Å². The molecule has 120 valence electrons. The molecule has 0 unspecified atom stereocenters. The van der Waals surface area contributed by atoms with Gasteiger partial charge in [-0.05, 0) is 30.7 Å². The lowest BCUT2D eigenvalue weighted by atomic mass is 10.1. The highest BCUT2D eigenvalue weighted by atomic mass is 35.5. The fourth-order valence-corrected chi connectivity index (χ4v) is 3.36. The monoisotopic (exact) mass is 331 g/mol. The summed E-state index contributed by atoms with van der Waals surface area (Å²) in [5, 5.41) is 0.539. The number of benzene rings is 1. The van der Waals surface area contributed by atoms with Gasteiger partial charge in [0.25, 0.3) is 0 Å². The molecule has 0 saturated heterocycles. The lowest BCUT2D eigenvalue weighted by Crippen LogP contribution is -2.24. The quantitative estimate of drug-likeness (QED) is 0.594. The standard InChI is InChI=1S/C16H26ClNO2S/c1-2-3-4-5-6-7-8-9-14-18-21(19,20)16-12-10-15(17)11-13-16/h10-13,18H,2-9,14H2,1H3. The van der Waals surface area contributed by atoms with Crippen molar-refractivity contribution in [1.29, 1.82) is 0 Å². The van der Waals surface area contributed by atoms with Crippen LogP contribution in [0.25, 0.3) is 0 Å². The normalized spacial score (nSPS) is 11.7. The highest BCUT2D eigenvalue weighted by Gasteiger charge is 2.12. The molecular formula is C16H26ClNO2S. The Morgan fingerprint density at radius 3 is 2.00 bits per heavy atom. The van der Waals surface area contributed by atoms with Crippen molar-refractivity contribution in [2.24, 2.45) is 0 Å². The number of unbranched alkanes of at least 4 members (excludes halogenated alkanes) is 7. The first-order valence-corrected chi connectivity index (χ1v) is 9.67. The summed E-state index contributed by atoms with van der Waals surface area (Å²) in [6.07, 6.45) is 9.61. The molecule has 0 fully saturated rings. The van der Waals surface area contributed by atoms with Gasteiger partial charge >= 0.3 is 0 Å². The molecule has 0 aliphatic rings. The van der Waals surface area contributed by atoms with Gasteiger partial charge in [-0.25, -0.2) is 13.1 Å². The van der Waals surface area contributed by atoms with Crippen LogP contribution in [0.15, 0.2) is 29.2 Å². The second-order valence-electron chi connectivity index (χ2n) is 5.33.